The van der Waals surface area contributed by atoms with Crippen molar-refractivity contribution in [2.75, 3.05) is 37.5 Å². The van der Waals surface area contributed by atoms with Crippen molar-refractivity contribution < 1.29 is 13.5 Å². The Kier molecular flexibility index (Phi) is 6.11. The molecule has 0 aromatic rings. The van der Waals surface area contributed by atoms with Gasteiger partial charge in [-0.1, -0.05) is 15.9 Å². The molecular formula is C7H16BrNO3S. The number of sulfone groups is 1. The number of hydrogen-bond acceptors (Lipinski definition) is 4. The molecular weight excluding hydrogens is 258 g/mol. The van der Waals surface area contributed by atoms with Crippen molar-refractivity contribution in [1.29, 1.82) is 0 Å². The van der Waals surface area contributed by atoms with Crippen LogP contribution in [0.4, 0.5) is 0 Å². The molecule has 0 saturated heterocycles. The van der Waals surface area contributed by atoms with Gasteiger partial charge < -0.3 is 10.0 Å². The number of nitrogens with zero attached hydrogens (tertiary/aromatic N) is 1. The van der Waals surface area contributed by atoms with Crippen LogP contribution in [-0.2, 0) is 9.84 Å². The molecule has 80 valence electrons. The third-order valence-electron chi connectivity index (χ3n) is 1.54. The number of likely N-dealkylation sites (N-methyl/N-ethyl adjacent to an activating group) is 1. The zero-order valence-corrected chi connectivity index (χ0v) is 10.3. The van der Waals surface area contributed by atoms with Crippen LogP contribution in [0.15, 0.2) is 0 Å². The first-order chi connectivity index (χ1) is 5.85. The van der Waals surface area contributed by atoms with E-state index in [0.29, 0.717) is 18.4 Å². The zero-order chi connectivity index (χ0) is 10.5. The maximum absolute atomic E-state index is 10.8. The highest BCUT2D eigenvalue weighted by Crippen LogP contribution is 1.94. The van der Waals surface area contributed by atoms with Gasteiger partial charge in [-0.2, -0.15) is 0 Å². The summed E-state index contributed by atoms with van der Waals surface area (Å²) in [6.07, 6.45) is 0.770. The van der Waals surface area contributed by atoms with Crippen molar-refractivity contribution in [2.24, 2.45) is 0 Å². The van der Waals surface area contributed by atoms with Crippen LogP contribution in [0.3, 0.4) is 0 Å². The van der Waals surface area contributed by atoms with Crippen molar-refractivity contribution in [3.63, 3.8) is 0 Å². The van der Waals surface area contributed by atoms with Crippen LogP contribution in [0.2, 0.25) is 0 Å². The highest BCUT2D eigenvalue weighted by Gasteiger charge is 2.09. The molecule has 0 amide bonds. The van der Waals surface area contributed by atoms with E-state index in [0.717, 1.165) is 0 Å². The largest absolute Gasteiger partial charge is 0.391 e. The summed E-state index contributed by atoms with van der Waals surface area (Å²) in [6, 6.07) is 0. The standard InChI is InChI=1S/C7H16BrNO3S/c1-9(6-7(10)5-8)3-4-13(2,11)12/h7,10H,3-6H2,1-2H3. The van der Waals surface area contributed by atoms with Gasteiger partial charge in [-0.3, -0.25) is 0 Å². The summed E-state index contributed by atoms with van der Waals surface area (Å²) >= 11 is 3.14. The van der Waals surface area contributed by atoms with E-state index in [-0.39, 0.29) is 5.75 Å². The maximum Gasteiger partial charge on any atom is 0.148 e. The Morgan fingerprint density at radius 2 is 2.08 bits per heavy atom. The molecule has 1 N–H and O–H groups in total. The SMILES string of the molecule is CN(CCS(C)(=O)=O)CC(O)CBr. The predicted octanol–water partition coefficient (Wildman–Crippen LogP) is -0.281. The average Bonchev–Trinajstić information content (AvgIpc) is 1.99. The van der Waals surface area contributed by atoms with Gasteiger partial charge >= 0.3 is 0 Å². The second-order valence-corrected chi connectivity index (χ2v) is 6.11. The van der Waals surface area contributed by atoms with Crippen LogP contribution in [0, 0.1) is 0 Å². The number of halogens is 1. The van der Waals surface area contributed by atoms with E-state index < -0.39 is 15.9 Å². The number of aliphatic hydroxyl groups excluding tert-OH is 1. The molecule has 1 unspecified atom stereocenters. The van der Waals surface area contributed by atoms with E-state index >= 15 is 0 Å². The molecule has 1 atom stereocenters. The summed E-state index contributed by atoms with van der Waals surface area (Å²) in [5, 5.41) is 9.73. The van der Waals surface area contributed by atoms with Gasteiger partial charge in [-0.25, -0.2) is 8.42 Å². The van der Waals surface area contributed by atoms with Crippen molar-refractivity contribution >= 4 is 25.8 Å². The molecule has 0 aromatic heterocycles. The topological polar surface area (TPSA) is 57.6 Å². The van der Waals surface area contributed by atoms with Crippen LogP contribution in [0.25, 0.3) is 0 Å². The summed E-state index contributed by atoms with van der Waals surface area (Å²) in [5.74, 6) is 0.137. The van der Waals surface area contributed by atoms with Crippen LogP contribution in [0.5, 0.6) is 0 Å². The lowest BCUT2D eigenvalue weighted by Gasteiger charge is -2.18. The first kappa shape index (κ1) is 13.4. The molecule has 0 aromatic carbocycles. The molecule has 6 heteroatoms. The first-order valence-electron chi connectivity index (χ1n) is 3.95. The van der Waals surface area contributed by atoms with E-state index in [1.54, 1.807) is 11.9 Å². The third-order valence-corrected chi connectivity index (χ3v) is 3.22. The molecule has 13 heavy (non-hydrogen) atoms. The second kappa shape index (κ2) is 5.95. The molecule has 0 heterocycles. The van der Waals surface area contributed by atoms with Gasteiger partial charge in [0.15, 0.2) is 0 Å². The van der Waals surface area contributed by atoms with Gasteiger partial charge in [-0.15, -0.1) is 0 Å². The molecule has 0 spiro atoms. The monoisotopic (exact) mass is 273 g/mol. The smallest absolute Gasteiger partial charge is 0.148 e. The second-order valence-electron chi connectivity index (χ2n) is 3.20. The summed E-state index contributed by atoms with van der Waals surface area (Å²) in [4.78, 5) is 1.80. The van der Waals surface area contributed by atoms with E-state index in [2.05, 4.69) is 15.9 Å². The molecule has 0 aliphatic heterocycles. The maximum atomic E-state index is 10.8. The Hall–Kier alpha value is 0.350. The Morgan fingerprint density at radius 1 is 1.54 bits per heavy atom. The molecule has 0 aliphatic carbocycles. The molecule has 0 bridgehead atoms. The van der Waals surface area contributed by atoms with Gasteiger partial charge in [-0.05, 0) is 7.05 Å². The fraction of sp³-hybridized carbons (Fsp3) is 1.00. The van der Waals surface area contributed by atoms with Crippen LogP contribution < -0.4 is 0 Å². The zero-order valence-electron chi connectivity index (χ0n) is 7.90. The fourth-order valence-corrected chi connectivity index (χ4v) is 1.67. The van der Waals surface area contributed by atoms with Crippen LogP contribution >= 0.6 is 15.9 Å². The van der Waals surface area contributed by atoms with Gasteiger partial charge in [0.1, 0.15) is 9.84 Å². The average molecular weight is 274 g/mol. The van der Waals surface area contributed by atoms with Gasteiger partial charge in [0.05, 0.1) is 11.9 Å². The van der Waals surface area contributed by atoms with Gasteiger partial charge in [0.25, 0.3) is 0 Å². The predicted molar refractivity (Wildman–Crippen MR) is 57.0 cm³/mol. The summed E-state index contributed by atoms with van der Waals surface area (Å²) in [5.41, 5.74) is 0. The molecule has 4 nitrogen and oxygen atoms in total. The van der Waals surface area contributed by atoms with Crippen molar-refractivity contribution in [2.45, 2.75) is 6.10 Å². The minimum atomic E-state index is -2.90. The Balaban J connectivity index is 3.69. The van der Waals surface area contributed by atoms with Crippen molar-refractivity contribution in [3.05, 3.63) is 0 Å². The number of aliphatic hydroxyl groups is 1. The van der Waals surface area contributed by atoms with Crippen molar-refractivity contribution in [3.8, 4) is 0 Å². The number of hydrogen-bond donors (Lipinski definition) is 1. The van der Waals surface area contributed by atoms with E-state index in [9.17, 15) is 13.5 Å². The molecule has 0 aliphatic rings. The summed E-state index contributed by atoms with van der Waals surface area (Å²) in [6.45, 7) is 0.948. The number of alkyl halides is 1. The lowest BCUT2D eigenvalue weighted by Crippen LogP contribution is -2.33. The van der Waals surface area contributed by atoms with E-state index in [1.807, 2.05) is 0 Å². The molecule has 0 radical (unpaired) electrons. The van der Waals surface area contributed by atoms with E-state index in [4.69, 9.17) is 0 Å². The normalized spacial score (nSPS) is 14.8. The third kappa shape index (κ3) is 8.67. The minimum Gasteiger partial charge on any atom is -0.391 e. The first-order valence-corrected chi connectivity index (χ1v) is 7.13. The molecule has 0 fully saturated rings. The number of rotatable bonds is 6. The minimum absolute atomic E-state index is 0.137. The van der Waals surface area contributed by atoms with Crippen LogP contribution in [0.1, 0.15) is 0 Å². The van der Waals surface area contributed by atoms with E-state index in [1.165, 1.54) is 6.26 Å². The quantitative estimate of drug-likeness (QED) is 0.677. The van der Waals surface area contributed by atoms with Gasteiger partial charge in [0, 0.05) is 24.7 Å². The molecule has 0 saturated carbocycles. The highest BCUT2D eigenvalue weighted by atomic mass is 79.9. The summed E-state index contributed by atoms with van der Waals surface area (Å²) < 4.78 is 21.6. The molecule has 0 rings (SSSR count). The summed E-state index contributed by atoms with van der Waals surface area (Å²) in [7, 11) is -1.11. The fourth-order valence-electron chi connectivity index (χ4n) is 0.822. The Labute approximate surface area is 88.0 Å². The van der Waals surface area contributed by atoms with Crippen LogP contribution in [-0.4, -0.2) is 62.0 Å². The highest BCUT2D eigenvalue weighted by molar-refractivity contribution is 9.09. The van der Waals surface area contributed by atoms with Crippen molar-refractivity contribution in [1.82, 2.24) is 4.90 Å². The Morgan fingerprint density at radius 3 is 2.46 bits per heavy atom. The lowest BCUT2D eigenvalue weighted by molar-refractivity contribution is 0.149. The van der Waals surface area contributed by atoms with Gasteiger partial charge in [0.2, 0.25) is 0 Å². The Bertz CT molecular complexity index is 230. The lowest BCUT2D eigenvalue weighted by atomic mass is 10.4.